The number of nitrogens with two attached hydrogens (primary N) is 1. The van der Waals surface area contributed by atoms with Gasteiger partial charge in [0.2, 0.25) is 5.75 Å². The van der Waals surface area contributed by atoms with E-state index in [0.29, 0.717) is 23.1 Å². The second-order valence-electron chi connectivity index (χ2n) is 4.15. The summed E-state index contributed by atoms with van der Waals surface area (Å²) in [6.45, 7) is 2.07. The predicted octanol–water partition coefficient (Wildman–Crippen LogP) is 2.13. The van der Waals surface area contributed by atoms with Gasteiger partial charge in [-0.3, -0.25) is 0 Å². The Morgan fingerprint density at radius 1 is 1.14 bits per heavy atom. The number of anilines is 1. The number of nitrogens with zero attached hydrogens (tertiary/aromatic N) is 2. The molecule has 0 aliphatic rings. The zero-order chi connectivity index (χ0) is 15.2. The van der Waals surface area contributed by atoms with Crippen LogP contribution in [0.5, 0.6) is 23.1 Å². The Bertz CT molecular complexity index is 619. The number of aromatic nitrogens is 2. The SMILES string of the molecule is CCc1ccc(Oc2ncnc(NN)c2OC)c(OC)c1. The Morgan fingerprint density at radius 2 is 1.95 bits per heavy atom. The second-order valence-corrected chi connectivity index (χ2v) is 4.15. The van der Waals surface area contributed by atoms with E-state index < -0.39 is 0 Å². The van der Waals surface area contributed by atoms with Gasteiger partial charge in [0.05, 0.1) is 14.2 Å². The first-order valence-electron chi connectivity index (χ1n) is 6.43. The number of aryl methyl sites for hydroxylation is 1. The van der Waals surface area contributed by atoms with E-state index in [1.807, 2.05) is 18.2 Å². The minimum Gasteiger partial charge on any atom is -0.493 e. The van der Waals surface area contributed by atoms with Crippen molar-refractivity contribution in [2.75, 3.05) is 19.6 Å². The minimum atomic E-state index is 0.253. The highest BCUT2D eigenvalue weighted by Gasteiger charge is 2.15. The molecule has 7 heteroatoms. The number of nitrogen functional groups attached to an aromatic ring is 1. The van der Waals surface area contributed by atoms with Crippen LogP contribution in [0, 0.1) is 0 Å². The molecule has 21 heavy (non-hydrogen) atoms. The number of methoxy groups -OCH3 is 2. The average Bonchev–Trinajstić information content (AvgIpc) is 2.54. The molecular weight excluding hydrogens is 272 g/mol. The lowest BCUT2D eigenvalue weighted by atomic mass is 10.1. The maximum atomic E-state index is 5.77. The van der Waals surface area contributed by atoms with E-state index in [-0.39, 0.29) is 5.88 Å². The summed E-state index contributed by atoms with van der Waals surface area (Å²) in [5, 5.41) is 0. The molecule has 1 aromatic heterocycles. The lowest BCUT2D eigenvalue weighted by molar-refractivity contribution is 0.348. The third-order valence-electron chi connectivity index (χ3n) is 2.95. The van der Waals surface area contributed by atoms with Crippen molar-refractivity contribution in [2.24, 2.45) is 5.84 Å². The molecule has 0 radical (unpaired) electrons. The number of hydrogen-bond acceptors (Lipinski definition) is 7. The normalized spacial score (nSPS) is 10.1. The van der Waals surface area contributed by atoms with Crippen molar-refractivity contribution in [1.29, 1.82) is 0 Å². The van der Waals surface area contributed by atoms with Crippen LogP contribution >= 0.6 is 0 Å². The predicted molar refractivity (Wildman–Crippen MR) is 78.8 cm³/mol. The lowest BCUT2D eigenvalue weighted by Gasteiger charge is -2.14. The molecule has 0 unspecified atom stereocenters. The molecular formula is C14H18N4O3. The van der Waals surface area contributed by atoms with Gasteiger partial charge >= 0.3 is 0 Å². The second kappa shape index (κ2) is 6.76. The first-order valence-corrected chi connectivity index (χ1v) is 6.43. The highest BCUT2D eigenvalue weighted by molar-refractivity contribution is 5.56. The molecule has 0 saturated carbocycles. The van der Waals surface area contributed by atoms with Gasteiger partial charge in [0.1, 0.15) is 6.33 Å². The van der Waals surface area contributed by atoms with Crippen LogP contribution in [0.4, 0.5) is 5.82 Å². The Labute approximate surface area is 123 Å². The zero-order valence-electron chi connectivity index (χ0n) is 12.2. The van der Waals surface area contributed by atoms with Gasteiger partial charge in [0, 0.05) is 0 Å². The van der Waals surface area contributed by atoms with Gasteiger partial charge in [-0.25, -0.2) is 10.8 Å². The Kier molecular flexibility index (Phi) is 4.78. The van der Waals surface area contributed by atoms with Crippen LogP contribution in [0.25, 0.3) is 0 Å². The van der Waals surface area contributed by atoms with E-state index in [4.69, 9.17) is 20.1 Å². The summed E-state index contributed by atoms with van der Waals surface area (Å²) in [5.41, 5.74) is 3.58. The molecule has 0 spiro atoms. The summed E-state index contributed by atoms with van der Waals surface area (Å²) in [7, 11) is 3.08. The molecule has 2 rings (SSSR count). The zero-order valence-corrected chi connectivity index (χ0v) is 12.2. The Balaban J connectivity index is 2.38. The lowest BCUT2D eigenvalue weighted by Crippen LogP contribution is -2.11. The topological polar surface area (TPSA) is 91.5 Å². The molecule has 2 aromatic rings. The molecule has 0 bridgehead atoms. The van der Waals surface area contributed by atoms with Crippen molar-refractivity contribution in [3.8, 4) is 23.1 Å². The van der Waals surface area contributed by atoms with Crippen LogP contribution in [-0.4, -0.2) is 24.2 Å². The van der Waals surface area contributed by atoms with E-state index in [0.717, 1.165) is 12.0 Å². The Morgan fingerprint density at radius 3 is 2.57 bits per heavy atom. The molecule has 0 aliphatic heterocycles. The molecule has 1 heterocycles. The molecule has 0 amide bonds. The van der Waals surface area contributed by atoms with Gasteiger partial charge in [-0.2, -0.15) is 4.98 Å². The number of ether oxygens (including phenoxy) is 3. The van der Waals surface area contributed by atoms with Crippen molar-refractivity contribution in [3.05, 3.63) is 30.1 Å². The molecule has 3 N–H and O–H groups in total. The standard InChI is InChI=1S/C14H18N4O3/c1-4-9-5-6-10(11(7-9)19-2)21-14-12(20-3)13(18-15)16-8-17-14/h5-8H,4,15H2,1-3H3,(H,16,17,18). The van der Waals surface area contributed by atoms with Crippen LogP contribution in [0.2, 0.25) is 0 Å². The van der Waals surface area contributed by atoms with Crippen molar-refractivity contribution in [3.63, 3.8) is 0 Å². The third-order valence-corrected chi connectivity index (χ3v) is 2.95. The van der Waals surface area contributed by atoms with E-state index in [2.05, 4.69) is 22.3 Å². The highest BCUT2D eigenvalue weighted by Crippen LogP contribution is 2.37. The van der Waals surface area contributed by atoms with Crippen LogP contribution in [0.15, 0.2) is 24.5 Å². The van der Waals surface area contributed by atoms with Crippen LogP contribution in [0.1, 0.15) is 12.5 Å². The van der Waals surface area contributed by atoms with Gasteiger partial charge in [-0.15, -0.1) is 0 Å². The Hall–Kier alpha value is -2.54. The molecule has 0 fully saturated rings. The first-order chi connectivity index (χ1) is 10.2. The van der Waals surface area contributed by atoms with Gasteiger partial charge in [0.25, 0.3) is 5.88 Å². The maximum Gasteiger partial charge on any atom is 0.268 e. The van der Waals surface area contributed by atoms with Crippen molar-refractivity contribution >= 4 is 5.82 Å². The largest absolute Gasteiger partial charge is 0.493 e. The third kappa shape index (κ3) is 3.14. The quantitative estimate of drug-likeness (QED) is 0.622. The van der Waals surface area contributed by atoms with E-state index in [1.165, 1.54) is 13.4 Å². The summed E-state index contributed by atoms with van der Waals surface area (Å²) in [6, 6.07) is 5.72. The minimum absolute atomic E-state index is 0.253. The summed E-state index contributed by atoms with van der Waals surface area (Å²) < 4.78 is 16.3. The fourth-order valence-corrected chi connectivity index (χ4v) is 1.84. The van der Waals surface area contributed by atoms with Crippen molar-refractivity contribution in [1.82, 2.24) is 9.97 Å². The highest BCUT2D eigenvalue weighted by atomic mass is 16.5. The maximum absolute atomic E-state index is 5.77. The summed E-state index contributed by atoms with van der Waals surface area (Å²) in [4.78, 5) is 8.02. The molecule has 0 saturated heterocycles. The van der Waals surface area contributed by atoms with Crippen LogP contribution in [0.3, 0.4) is 0 Å². The monoisotopic (exact) mass is 290 g/mol. The molecule has 1 aromatic carbocycles. The summed E-state index contributed by atoms with van der Waals surface area (Å²) in [6.07, 6.45) is 2.24. The van der Waals surface area contributed by atoms with Gasteiger partial charge in [-0.05, 0) is 24.1 Å². The fraction of sp³-hybridized carbons (Fsp3) is 0.286. The van der Waals surface area contributed by atoms with E-state index in [1.54, 1.807) is 7.11 Å². The summed E-state index contributed by atoms with van der Waals surface area (Å²) >= 11 is 0. The van der Waals surface area contributed by atoms with Crippen LogP contribution < -0.4 is 25.5 Å². The average molecular weight is 290 g/mol. The number of rotatable bonds is 6. The van der Waals surface area contributed by atoms with Gasteiger partial charge in [0.15, 0.2) is 17.3 Å². The van der Waals surface area contributed by atoms with Crippen LogP contribution in [-0.2, 0) is 6.42 Å². The first kappa shape index (κ1) is 14.9. The molecule has 0 aliphatic carbocycles. The number of hydrazine groups is 1. The van der Waals surface area contributed by atoms with Gasteiger partial charge in [-0.1, -0.05) is 13.0 Å². The van der Waals surface area contributed by atoms with E-state index >= 15 is 0 Å². The molecule has 0 atom stereocenters. The number of benzene rings is 1. The van der Waals surface area contributed by atoms with E-state index in [9.17, 15) is 0 Å². The number of hydrogen-bond donors (Lipinski definition) is 2. The van der Waals surface area contributed by atoms with Gasteiger partial charge < -0.3 is 19.6 Å². The number of nitrogens with one attached hydrogen (secondary N) is 1. The van der Waals surface area contributed by atoms with Crippen molar-refractivity contribution < 1.29 is 14.2 Å². The smallest absolute Gasteiger partial charge is 0.268 e. The molecule has 7 nitrogen and oxygen atoms in total. The fourth-order valence-electron chi connectivity index (χ4n) is 1.84. The summed E-state index contributed by atoms with van der Waals surface area (Å²) in [5.74, 6) is 7.45. The molecule has 112 valence electrons. The van der Waals surface area contributed by atoms with Crippen molar-refractivity contribution in [2.45, 2.75) is 13.3 Å².